The number of carboxylic acids is 1. The first-order valence-corrected chi connectivity index (χ1v) is 9.13. The van der Waals surface area contributed by atoms with Crippen LogP contribution in [0.3, 0.4) is 0 Å². The number of hydrogen-bond donors (Lipinski definition) is 1. The molecule has 1 N–H and O–H groups in total. The summed E-state index contributed by atoms with van der Waals surface area (Å²) in [5.74, 6) is 0.0280. The predicted molar refractivity (Wildman–Crippen MR) is 108 cm³/mol. The summed E-state index contributed by atoms with van der Waals surface area (Å²) in [7, 11) is 1.83. The van der Waals surface area contributed by atoms with Gasteiger partial charge in [-0.25, -0.2) is 0 Å². The number of carboxylic acid groups (broad SMARTS) is 1. The molecule has 0 saturated carbocycles. The van der Waals surface area contributed by atoms with E-state index in [-0.39, 0.29) is 12.6 Å². The molecule has 3 aromatic carbocycles. The van der Waals surface area contributed by atoms with Crippen molar-refractivity contribution in [3.05, 3.63) is 77.9 Å². The van der Waals surface area contributed by atoms with Crippen molar-refractivity contribution in [2.45, 2.75) is 26.0 Å². The van der Waals surface area contributed by atoms with Gasteiger partial charge in [0.15, 0.2) is 0 Å². The molecule has 3 aromatic rings. The third kappa shape index (κ3) is 5.31. The topological polar surface area (TPSA) is 49.8 Å². The highest BCUT2D eigenvalue weighted by atomic mass is 16.5. The van der Waals surface area contributed by atoms with Gasteiger partial charge >= 0.3 is 5.97 Å². The summed E-state index contributed by atoms with van der Waals surface area (Å²) in [6.07, 6.45) is 0.800. The van der Waals surface area contributed by atoms with Gasteiger partial charge in [0.05, 0.1) is 6.54 Å². The quantitative estimate of drug-likeness (QED) is 0.646. The largest absolute Gasteiger partial charge is 0.489 e. The van der Waals surface area contributed by atoms with Crippen LogP contribution in [0.15, 0.2) is 66.7 Å². The van der Waals surface area contributed by atoms with E-state index in [1.807, 2.05) is 55.3 Å². The van der Waals surface area contributed by atoms with Crippen LogP contribution in [-0.4, -0.2) is 35.6 Å². The van der Waals surface area contributed by atoms with Gasteiger partial charge in [-0.2, -0.15) is 0 Å². The van der Waals surface area contributed by atoms with E-state index in [9.17, 15) is 4.79 Å². The number of likely N-dealkylation sites (N-methyl/N-ethyl adjacent to an activating group) is 1. The molecular formula is C23H25NO3. The fraction of sp³-hybridized carbons (Fsp3) is 0.261. The highest BCUT2D eigenvalue weighted by Crippen LogP contribution is 2.19. The van der Waals surface area contributed by atoms with Gasteiger partial charge in [-0.15, -0.1) is 0 Å². The lowest BCUT2D eigenvalue weighted by atomic mass is 10.1. The third-order valence-electron chi connectivity index (χ3n) is 4.81. The maximum absolute atomic E-state index is 10.8. The Morgan fingerprint density at radius 2 is 1.67 bits per heavy atom. The van der Waals surface area contributed by atoms with Crippen molar-refractivity contribution in [3.8, 4) is 5.75 Å². The van der Waals surface area contributed by atoms with E-state index in [1.54, 1.807) is 0 Å². The molecule has 0 fully saturated rings. The Hall–Kier alpha value is -2.85. The molecule has 0 amide bonds. The minimum Gasteiger partial charge on any atom is -0.489 e. The minimum absolute atomic E-state index is 0.0497. The number of benzene rings is 3. The number of rotatable bonds is 8. The highest BCUT2D eigenvalue weighted by molar-refractivity contribution is 5.82. The van der Waals surface area contributed by atoms with Gasteiger partial charge in [0.2, 0.25) is 0 Å². The highest BCUT2D eigenvalue weighted by Gasteiger charge is 2.12. The SMILES string of the molecule is C[C@H](Cc1ccc(OCc2ccc3ccccc3c2)cc1)N(C)CC(=O)O. The van der Waals surface area contributed by atoms with Crippen molar-refractivity contribution in [1.29, 1.82) is 0 Å². The lowest BCUT2D eigenvalue weighted by Gasteiger charge is -2.22. The molecule has 0 aliphatic rings. The zero-order chi connectivity index (χ0) is 19.2. The molecule has 4 nitrogen and oxygen atoms in total. The fourth-order valence-electron chi connectivity index (χ4n) is 3.08. The minimum atomic E-state index is -0.804. The standard InChI is InChI=1S/C23H25NO3/c1-17(24(2)15-23(25)26)13-18-8-11-22(12-9-18)27-16-19-7-10-20-5-3-4-6-21(20)14-19/h3-12,14,17H,13,15-16H2,1-2H3,(H,25,26)/t17-/m1/s1. The summed E-state index contributed by atoms with van der Waals surface area (Å²) >= 11 is 0. The summed E-state index contributed by atoms with van der Waals surface area (Å²) in [6, 6.07) is 22.9. The lowest BCUT2D eigenvalue weighted by molar-refractivity contribution is -0.138. The Morgan fingerprint density at radius 3 is 2.37 bits per heavy atom. The summed E-state index contributed by atoms with van der Waals surface area (Å²) in [5, 5.41) is 11.3. The average Bonchev–Trinajstić information content (AvgIpc) is 2.66. The van der Waals surface area contributed by atoms with Gasteiger partial charge in [-0.1, -0.05) is 48.5 Å². The molecule has 0 aliphatic heterocycles. The lowest BCUT2D eigenvalue weighted by Crippen LogP contribution is -2.35. The molecule has 0 heterocycles. The molecule has 0 saturated heterocycles. The van der Waals surface area contributed by atoms with Crippen LogP contribution in [0.4, 0.5) is 0 Å². The van der Waals surface area contributed by atoms with Crippen LogP contribution in [0.25, 0.3) is 10.8 Å². The molecule has 0 spiro atoms. The molecule has 1 atom stereocenters. The van der Waals surface area contributed by atoms with E-state index in [0.29, 0.717) is 6.61 Å². The van der Waals surface area contributed by atoms with Gasteiger partial charge in [-0.05, 0) is 60.5 Å². The Morgan fingerprint density at radius 1 is 1.00 bits per heavy atom. The van der Waals surface area contributed by atoms with Crippen LogP contribution >= 0.6 is 0 Å². The van der Waals surface area contributed by atoms with Crippen LogP contribution in [0.5, 0.6) is 5.75 Å². The van der Waals surface area contributed by atoms with E-state index in [2.05, 4.69) is 30.3 Å². The van der Waals surface area contributed by atoms with Crippen LogP contribution < -0.4 is 4.74 Å². The first-order valence-electron chi connectivity index (χ1n) is 9.13. The van der Waals surface area contributed by atoms with E-state index in [4.69, 9.17) is 9.84 Å². The second-order valence-corrected chi connectivity index (χ2v) is 6.98. The number of aliphatic carboxylic acids is 1. The number of fused-ring (bicyclic) bond motifs is 1. The second kappa shape index (κ2) is 8.69. The smallest absolute Gasteiger partial charge is 0.317 e. The normalized spacial score (nSPS) is 12.3. The summed E-state index contributed by atoms with van der Waals surface area (Å²) in [5.41, 5.74) is 2.31. The van der Waals surface area contributed by atoms with E-state index in [1.165, 1.54) is 10.8 Å². The Labute approximate surface area is 160 Å². The fourth-order valence-corrected chi connectivity index (χ4v) is 3.08. The number of nitrogens with zero attached hydrogens (tertiary/aromatic N) is 1. The molecule has 0 bridgehead atoms. The monoisotopic (exact) mass is 363 g/mol. The first-order chi connectivity index (χ1) is 13.0. The van der Waals surface area contributed by atoms with E-state index >= 15 is 0 Å². The molecule has 0 unspecified atom stereocenters. The van der Waals surface area contributed by atoms with Crippen molar-refractivity contribution in [2.75, 3.05) is 13.6 Å². The predicted octanol–water partition coefficient (Wildman–Crippen LogP) is 4.37. The van der Waals surface area contributed by atoms with Gasteiger partial charge < -0.3 is 9.84 Å². The average molecular weight is 363 g/mol. The van der Waals surface area contributed by atoms with Crippen LogP contribution in [0.2, 0.25) is 0 Å². The Balaban J connectivity index is 1.56. The maximum atomic E-state index is 10.8. The van der Waals surface area contributed by atoms with E-state index < -0.39 is 5.97 Å². The van der Waals surface area contributed by atoms with Crippen molar-refractivity contribution in [3.63, 3.8) is 0 Å². The van der Waals surface area contributed by atoms with Gasteiger partial charge in [-0.3, -0.25) is 9.69 Å². The summed E-state index contributed by atoms with van der Waals surface area (Å²) in [4.78, 5) is 12.7. The van der Waals surface area contributed by atoms with Crippen LogP contribution in [-0.2, 0) is 17.8 Å². The summed E-state index contributed by atoms with van der Waals surface area (Å²) < 4.78 is 5.91. The second-order valence-electron chi connectivity index (χ2n) is 6.98. The van der Waals surface area contributed by atoms with Crippen LogP contribution in [0.1, 0.15) is 18.1 Å². The zero-order valence-corrected chi connectivity index (χ0v) is 15.8. The van der Waals surface area contributed by atoms with Crippen LogP contribution in [0, 0.1) is 0 Å². The molecule has 0 radical (unpaired) electrons. The number of carbonyl (C=O) groups is 1. The number of ether oxygens (including phenoxy) is 1. The Kier molecular flexibility index (Phi) is 6.09. The molecule has 3 rings (SSSR count). The molecular weight excluding hydrogens is 338 g/mol. The van der Waals surface area contributed by atoms with Crippen molar-refractivity contribution in [1.82, 2.24) is 4.90 Å². The molecule has 4 heteroatoms. The molecule has 27 heavy (non-hydrogen) atoms. The van der Waals surface area contributed by atoms with Crippen molar-refractivity contribution in [2.24, 2.45) is 0 Å². The molecule has 140 valence electrons. The third-order valence-corrected chi connectivity index (χ3v) is 4.81. The van der Waals surface area contributed by atoms with Gasteiger partial charge in [0.25, 0.3) is 0 Å². The van der Waals surface area contributed by atoms with Gasteiger partial charge in [0, 0.05) is 6.04 Å². The van der Waals surface area contributed by atoms with E-state index in [0.717, 1.165) is 23.3 Å². The van der Waals surface area contributed by atoms with Crippen molar-refractivity contribution >= 4 is 16.7 Å². The molecule has 0 aromatic heterocycles. The van der Waals surface area contributed by atoms with Crippen molar-refractivity contribution < 1.29 is 14.6 Å². The first kappa shape index (κ1) is 18.9. The summed E-state index contributed by atoms with van der Waals surface area (Å²) in [6.45, 7) is 2.61. The zero-order valence-electron chi connectivity index (χ0n) is 15.8. The van der Waals surface area contributed by atoms with Gasteiger partial charge in [0.1, 0.15) is 12.4 Å². The molecule has 0 aliphatic carbocycles. The Bertz CT molecular complexity index is 905. The number of hydrogen-bond acceptors (Lipinski definition) is 3. The maximum Gasteiger partial charge on any atom is 0.317 e.